The van der Waals surface area contributed by atoms with Gasteiger partial charge in [0.05, 0.1) is 5.69 Å². The molecule has 0 aliphatic heterocycles. The largest absolute Gasteiger partial charge is 0.384 e. The lowest BCUT2D eigenvalue weighted by atomic mass is 10.1. The first kappa shape index (κ1) is 14.3. The summed E-state index contributed by atoms with van der Waals surface area (Å²) in [6, 6.07) is 0. The fraction of sp³-hybridized carbons (Fsp3) is 0.500. The minimum Gasteiger partial charge on any atom is -0.384 e. The Balaban J connectivity index is 2.92. The van der Waals surface area contributed by atoms with Gasteiger partial charge in [0, 0.05) is 26.8 Å². The summed E-state index contributed by atoms with van der Waals surface area (Å²) in [5.41, 5.74) is 1.55. The Hall–Kier alpha value is -2.11. The fourth-order valence-electron chi connectivity index (χ4n) is 2.29. The van der Waals surface area contributed by atoms with Crippen molar-refractivity contribution in [1.82, 2.24) is 14.1 Å². The van der Waals surface area contributed by atoms with Crippen LogP contribution in [0.5, 0.6) is 0 Å². The normalized spacial score (nSPS) is 11.0. The number of aromatic nitrogens is 3. The lowest BCUT2D eigenvalue weighted by molar-refractivity contribution is 0.707. The molecule has 0 bridgehead atoms. The van der Waals surface area contributed by atoms with Crippen LogP contribution in [-0.2, 0) is 20.5 Å². The van der Waals surface area contributed by atoms with Crippen LogP contribution in [0.15, 0.2) is 15.8 Å². The molecule has 0 aliphatic rings. The highest BCUT2D eigenvalue weighted by Gasteiger charge is 2.15. The highest BCUT2D eigenvalue weighted by Crippen LogP contribution is 2.22. The summed E-state index contributed by atoms with van der Waals surface area (Å²) in [5.74, 6) is 0. The first-order valence-corrected chi connectivity index (χ1v) is 6.84. The van der Waals surface area contributed by atoms with Crippen LogP contribution in [0.2, 0.25) is 0 Å². The van der Waals surface area contributed by atoms with E-state index in [0.717, 1.165) is 35.2 Å². The molecule has 2 rings (SSSR count). The zero-order valence-corrected chi connectivity index (χ0v) is 12.4. The second-order valence-corrected chi connectivity index (χ2v) is 4.84. The van der Waals surface area contributed by atoms with E-state index in [1.807, 2.05) is 6.92 Å². The lowest BCUT2D eigenvalue weighted by Crippen LogP contribution is -2.37. The minimum absolute atomic E-state index is 0.301. The van der Waals surface area contributed by atoms with Crippen molar-refractivity contribution in [2.24, 2.45) is 14.1 Å². The maximum absolute atomic E-state index is 12.4. The van der Waals surface area contributed by atoms with E-state index in [0.29, 0.717) is 11.0 Å². The van der Waals surface area contributed by atoms with E-state index in [1.165, 1.54) is 11.6 Å². The van der Waals surface area contributed by atoms with E-state index in [9.17, 15) is 9.59 Å². The summed E-state index contributed by atoms with van der Waals surface area (Å²) in [7, 11) is 3.12. The SMILES string of the molecule is CCCNc1c(CC)cnc2c1c(=O)n(C)c(=O)n2C. The summed E-state index contributed by atoms with van der Waals surface area (Å²) < 4.78 is 2.54. The van der Waals surface area contributed by atoms with Crippen LogP contribution in [0.1, 0.15) is 25.8 Å². The molecule has 0 radical (unpaired) electrons. The molecular formula is C14H20N4O2. The number of nitrogens with one attached hydrogen (secondary N) is 1. The number of fused-ring (bicyclic) bond motifs is 1. The van der Waals surface area contributed by atoms with Gasteiger partial charge in [-0.25, -0.2) is 9.78 Å². The first-order chi connectivity index (χ1) is 9.52. The molecule has 0 spiro atoms. The number of pyridine rings is 1. The number of aryl methyl sites for hydroxylation is 2. The molecule has 0 aliphatic carbocycles. The van der Waals surface area contributed by atoms with Gasteiger partial charge < -0.3 is 5.32 Å². The van der Waals surface area contributed by atoms with E-state index in [-0.39, 0.29) is 11.2 Å². The topological polar surface area (TPSA) is 68.9 Å². The monoisotopic (exact) mass is 276 g/mol. The van der Waals surface area contributed by atoms with Crippen molar-refractivity contribution in [3.8, 4) is 0 Å². The summed E-state index contributed by atoms with van der Waals surface area (Å²) in [6.07, 6.45) is 3.47. The lowest BCUT2D eigenvalue weighted by Gasteiger charge is -2.15. The highest BCUT2D eigenvalue weighted by atomic mass is 16.2. The van der Waals surface area contributed by atoms with Gasteiger partial charge >= 0.3 is 5.69 Å². The van der Waals surface area contributed by atoms with Crippen LogP contribution in [0.3, 0.4) is 0 Å². The third kappa shape index (κ3) is 2.11. The minimum atomic E-state index is -0.360. The van der Waals surface area contributed by atoms with Crippen molar-refractivity contribution in [3.63, 3.8) is 0 Å². The Morgan fingerprint density at radius 3 is 2.50 bits per heavy atom. The van der Waals surface area contributed by atoms with Gasteiger partial charge in [0.15, 0.2) is 5.65 Å². The van der Waals surface area contributed by atoms with Crippen molar-refractivity contribution in [1.29, 1.82) is 0 Å². The molecule has 6 heteroatoms. The van der Waals surface area contributed by atoms with E-state index in [1.54, 1.807) is 13.2 Å². The smallest absolute Gasteiger partial charge is 0.332 e. The second kappa shape index (κ2) is 5.48. The van der Waals surface area contributed by atoms with Crippen molar-refractivity contribution < 1.29 is 0 Å². The maximum Gasteiger partial charge on any atom is 0.332 e. The Labute approximate surface area is 117 Å². The average molecular weight is 276 g/mol. The molecule has 0 aromatic carbocycles. The summed E-state index contributed by atoms with van der Waals surface area (Å²) in [5, 5.41) is 3.79. The summed E-state index contributed by atoms with van der Waals surface area (Å²) >= 11 is 0. The number of hydrogen-bond acceptors (Lipinski definition) is 4. The molecule has 6 nitrogen and oxygen atoms in total. The average Bonchev–Trinajstić information content (AvgIpc) is 2.47. The molecule has 1 N–H and O–H groups in total. The number of rotatable bonds is 4. The molecule has 20 heavy (non-hydrogen) atoms. The third-order valence-corrected chi connectivity index (χ3v) is 3.48. The van der Waals surface area contributed by atoms with E-state index >= 15 is 0 Å². The first-order valence-electron chi connectivity index (χ1n) is 6.84. The molecule has 108 valence electrons. The summed E-state index contributed by atoms with van der Waals surface area (Å²) in [6.45, 7) is 4.86. The Morgan fingerprint density at radius 2 is 1.90 bits per heavy atom. The van der Waals surface area contributed by atoms with E-state index in [2.05, 4.69) is 17.2 Å². The molecule has 2 aromatic heterocycles. The van der Waals surface area contributed by atoms with Crippen molar-refractivity contribution >= 4 is 16.7 Å². The number of nitrogens with zero attached hydrogens (tertiary/aromatic N) is 3. The Kier molecular flexibility index (Phi) is 3.92. The predicted molar refractivity (Wildman–Crippen MR) is 80.4 cm³/mol. The third-order valence-electron chi connectivity index (χ3n) is 3.48. The van der Waals surface area contributed by atoms with Gasteiger partial charge in [-0.05, 0) is 18.4 Å². The molecular weight excluding hydrogens is 256 g/mol. The van der Waals surface area contributed by atoms with Gasteiger partial charge in [-0.15, -0.1) is 0 Å². The van der Waals surface area contributed by atoms with Gasteiger partial charge in [0.2, 0.25) is 0 Å². The maximum atomic E-state index is 12.4. The van der Waals surface area contributed by atoms with Gasteiger partial charge in [0.1, 0.15) is 5.39 Å². The molecule has 0 amide bonds. The van der Waals surface area contributed by atoms with Gasteiger partial charge in [-0.1, -0.05) is 13.8 Å². The molecule has 0 atom stereocenters. The standard InChI is InChI=1S/C14H20N4O2/c1-5-7-15-11-9(6-2)8-16-12-10(11)13(19)18(4)14(20)17(12)3/h8H,5-7H2,1-4H3,(H,15,16). The predicted octanol–water partition coefficient (Wildman–Crippen LogP) is 1.02. The van der Waals surface area contributed by atoms with E-state index in [4.69, 9.17) is 0 Å². The van der Waals surface area contributed by atoms with E-state index < -0.39 is 0 Å². The van der Waals surface area contributed by atoms with Crippen LogP contribution in [-0.4, -0.2) is 20.7 Å². The van der Waals surface area contributed by atoms with Crippen LogP contribution >= 0.6 is 0 Å². The number of anilines is 1. The molecule has 0 fully saturated rings. The zero-order chi connectivity index (χ0) is 14.9. The molecule has 0 saturated carbocycles. The van der Waals surface area contributed by atoms with Gasteiger partial charge in [0.25, 0.3) is 5.56 Å². The van der Waals surface area contributed by atoms with Crippen LogP contribution in [0.4, 0.5) is 5.69 Å². The highest BCUT2D eigenvalue weighted by molar-refractivity contribution is 5.90. The molecule has 2 heterocycles. The van der Waals surface area contributed by atoms with Crippen molar-refractivity contribution in [3.05, 3.63) is 32.6 Å². The molecule has 2 aromatic rings. The quantitative estimate of drug-likeness (QED) is 0.905. The Bertz CT molecular complexity index is 758. The molecule has 0 unspecified atom stereocenters. The van der Waals surface area contributed by atoms with Crippen LogP contribution in [0.25, 0.3) is 11.0 Å². The number of hydrogen-bond donors (Lipinski definition) is 1. The van der Waals surface area contributed by atoms with Crippen molar-refractivity contribution in [2.45, 2.75) is 26.7 Å². The van der Waals surface area contributed by atoms with Crippen LogP contribution < -0.4 is 16.6 Å². The van der Waals surface area contributed by atoms with Gasteiger partial charge in [-0.2, -0.15) is 0 Å². The molecule has 0 saturated heterocycles. The van der Waals surface area contributed by atoms with Crippen molar-refractivity contribution in [2.75, 3.05) is 11.9 Å². The fourth-order valence-corrected chi connectivity index (χ4v) is 2.29. The zero-order valence-electron chi connectivity index (χ0n) is 12.4. The van der Waals surface area contributed by atoms with Crippen LogP contribution in [0, 0.1) is 0 Å². The second-order valence-electron chi connectivity index (χ2n) is 4.84. The van der Waals surface area contributed by atoms with Gasteiger partial charge in [-0.3, -0.25) is 13.9 Å². The Morgan fingerprint density at radius 1 is 1.20 bits per heavy atom. The summed E-state index contributed by atoms with van der Waals surface area (Å²) in [4.78, 5) is 28.7.